The molecule has 8 heteroatoms. The second-order valence-electron chi connectivity index (χ2n) is 7.74. The summed E-state index contributed by atoms with van der Waals surface area (Å²) in [4.78, 5) is 6.06. The van der Waals surface area contributed by atoms with Crippen LogP contribution >= 0.6 is 0 Å². The number of benzene rings is 1. The minimum atomic E-state index is -3.48. The molecule has 6 nitrogen and oxygen atoms in total. The SMILES string of the molecule is CC(C)(C)S(=O)(=O)c1ccc(NCc2ccc(N3CCOCC3)c(F)c2)cn1. The number of pyridine rings is 1. The smallest absolute Gasteiger partial charge is 0.200 e. The molecule has 1 aliphatic heterocycles. The van der Waals surface area contributed by atoms with Gasteiger partial charge >= 0.3 is 0 Å². The zero-order valence-electron chi connectivity index (χ0n) is 16.4. The Morgan fingerprint density at radius 3 is 2.46 bits per heavy atom. The molecule has 1 fully saturated rings. The molecule has 1 aromatic heterocycles. The van der Waals surface area contributed by atoms with E-state index < -0.39 is 14.6 Å². The summed E-state index contributed by atoms with van der Waals surface area (Å²) in [7, 11) is -3.48. The Morgan fingerprint density at radius 1 is 1.18 bits per heavy atom. The number of aromatic nitrogens is 1. The van der Waals surface area contributed by atoms with Crippen molar-refractivity contribution in [1.82, 2.24) is 4.98 Å². The molecule has 1 N–H and O–H groups in total. The van der Waals surface area contributed by atoms with Crippen molar-refractivity contribution in [3.63, 3.8) is 0 Å². The highest BCUT2D eigenvalue weighted by molar-refractivity contribution is 7.92. The molecule has 152 valence electrons. The maximum absolute atomic E-state index is 14.5. The first-order valence-corrected chi connectivity index (χ1v) is 10.7. The number of ether oxygens (including phenoxy) is 1. The van der Waals surface area contributed by atoms with Gasteiger partial charge in [-0.3, -0.25) is 0 Å². The lowest BCUT2D eigenvalue weighted by Gasteiger charge is -2.29. The van der Waals surface area contributed by atoms with Gasteiger partial charge in [0.1, 0.15) is 5.82 Å². The van der Waals surface area contributed by atoms with Crippen LogP contribution in [0.15, 0.2) is 41.6 Å². The van der Waals surface area contributed by atoms with E-state index in [2.05, 4.69) is 10.3 Å². The molecule has 0 bridgehead atoms. The lowest BCUT2D eigenvalue weighted by molar-refractivity contribution is 0.122. The quantitative estimate of drug-likeness (QED) is 0.820. The summed E-state index contributed by atoms with van der Waals surface area (Å²) in [6.07, 6.45) is 1.48. The van der Waals surface area contributed by atoms with Crippen LogP contribution in [0.4, 0.5) is 15.8 Å². The highest BCUT2D eigenvalue weighted by Crippen LogP contribution is 2.25. The number of halogens is 1. The van der Waals surface area contributed by atoms with Gasteiger partial charge in [-0.25, -0.2) is 17.8 Å². The summed E-state index contributed by atoms with van der Waals surface area (Å²) in [5, 5.41) is 3.19. The summed E-state index contributed by atoms with van der Waals surface area (Å²) in [6, 6.07) is 8.35. The van der Waals surface area contributed by atoms with E-state index >= 15 is 0 Å². The third kappa shape index (κ3) is 4.44. The Morgan fingerprint density at radius 2 is 1.89 bits per heavy atom. The van der Waals surface area contributed by atoms with Gasteiger partial charge in [-0.1, -0.05) is 6.07 Å². The summed E-state index contributed by atoms with van der Waals surface area (Å²) in [5.41, 5.74) is 2.05. The minimum Gasteiger partial charge on any atom is -0.380 e. The number of nitrogens with zero attached hydrogens (tertiary/aromatic N) is 2. The number of anilines is 2. The van der Waals surface area contributed by atoms with Crippen molar-refractivity contribution in [1.29, 1.82) is 0 Å². The average molecular weight is 408 g/mol. The van der Waals surface area contributed by atoms with E-state index in [0.717, 1.165) is 5.56 Å². The van der Waals surface area contributed by atoms with E-state index in [1.165, 1.54) is 18.3 Å². The summed E-state index contributed by atoms with van der Waals surface area (Å²) in [5.74, 6) is -0.258. The van der Waals surface area contributed by atoms with E-state index in [4.69, 9.17) is 4.74 Å². The second kappa shape index (κ2) is 8.05. The minimum absolute atomic E-state index is 0.0476. The lowest BCUT2D eigenvalue weighted by atomic mass is 10.1. The molecule has 0 radical (unpaired) electrons. The Bertz CT molecular complexity index is 919. The highest BCUT2D eigenvalue weighted by atomic mass is 32.2. The molecule has 1 aliphatic rings. The monoisotopic (exact) mass is 407 g/mol. The Kier molecular flexibility index (Phi) is 5.90. The Labute approximate surface area is 165 Å². The van der Waals surface area contributed by atoms with Crippen LogP contribution in [0.5, 0.6) is 0 Å². The highest BCUT2D eigenvalue weighted by Gasteiger charge is 2.31. The Balaban J connectivity index is 1.65. The molecule has 3 rings (SSSR count). The molecule has 28 heavy (non-hydrogen) atoms. The van der Waals surface area contributed by atoms with Crippen LogP contribution in [0.3, 0.4) is 0 Å². The topological polar surface area (TPSA) is 71.5 Å². The van der Waals surface area contributed by atoms with Crippen molar-refractivity contribution < 1.29 is 17.5 Å². The van der Waals surface area contributed by atoms with Gasteiger partial charge in [-0.2, -0.15) is 0 Å². The zero-order chi connectivity index (χ0) is 20.4. The van der Waals surface area contributed by atoms with Gasteiger partial charge in [0.25, 0.3) is 0 Å². The molecular formula is C20H26FN3O3S. The van der Waals surface area contributed by atoms with Gasteiger partial charge in [0.2, 0.25) is 0 Å². The van der Waals surface area contributed by atoms with E-state index in [-0.39, 0.29) is 10.8 Å². The molecule has 2 heterocycles. The van der Waals surface area contributed by atoms with Gasteiger partial charge < -0.3 is 15.0 Å². The standard InChI is InChI=1S/C20H26FN3O3S/c1-20(2,3)28(25,26)19-7-5-16(14-23-19)22-13-15-4-6-18(17(21)12-15)24-8-10-27-11-9-24/h4-7,12,14,22H,8-11,13H2,1-3H3. The number of hydrogen-bond acceptors (Lipinski definition) is 6. The van der Waals surface area contributed by atoms with Gasteiger partial charge in [0.15, 0.2) is 14.9 Å². The van der Waals surface area contributed by atoms with Crippen molar-refractivity contribution in [2.45, 2.75) is 37.1 Å². The van der Waals surface area contributed by atoms with Crippen LogP contribution < -0.4 is 10.2 Å². The van der Waals surface area contributed by atoms with E-state index in [1.54, 1.807) is 32.9 Å². The first-order valence-electron chi connectivity index (χ1n) is 9.24. The molecule has 0 atom stereocenters. The van der Waals surface area contributed by atoms with Crippen molar-refractivity contribution in [3.05, 3.63) is 47.9 Å². The summed E-state index contributed by atoms with van der Waals surface area (Å²) >= 11 is 0. The molecular weight excluding hydrogens is 381 g/mol. The molecule has 1 aromatic carbocycles. The van der Waals surface area contributed by atoms with Crippen LogP contribution in [-0.4, -0.2) is 44.5 Å². The van der Waals surface area contributed by atoms with Gasteiger partial charge in [0, 0.05) is 19.6 Å². The summed E-state index contributed by atoms with van der Waals surface area (Å²) < 4.78 is 43.7. The van der Waals surface area contributed by atoms with Gasteiger partial charge in [0.05, 0.1) is 35.5 Å². The number of rotatable bonds is 5. The zero-order valence-corrected chi connectivity index (χ0v) is 17.2. The molecule has 0 amide bonds. The van der Waals surface area contributed by atoms with Crippen LogP contribution in [-0.2, 0) is 21.1 Å². The lowest BCUT2D eigenvalue weighted by Crippen LogP contribution is -2.36. The fourth-order valence-electron chi connectivity index (χ4n) is 2.88. The average Bonchev–Trinajstić information content (AvgIpc) is 2.66. The molecule has 1 saturated heterocycles. The van der Waals surface area contributed by atoms with Crippen molar-refractivity contribution in [2.75, 3.05) is 36.5 Å². The molecule has 2 aromatic rings. The van der Waals surface area contributed by atoms with E-state index in [9.17, 15) is 12.8 Å². The third-order valence-electron chi connectivity index (χ3n) is 4.68. The summed E-state index contributed by atoms with van der Waals surface area (Å²) in [6.45, 7) is 7.93. The molecule has 0 aliphatic carbocycles. The first-order chi connectivity index (χ1) is 13.2. The fraction of sp³-hybridized carbons (Fsp3) is 0.450. The first kappa shape index (κ1) is 20.5. The Hall–Kier alpha value is -2.19. The predicted octanol–water partition coefficient (Wildman–Crippen LogP) is 3.24. The van der Waals surface area contributed by atoms with Crippen LogP contribution in [0.1, 0.15) is 26.3 Å². The number of morpholine rings is 1. The second-order valence-corrected chi connectivity index (χ2v) is 10.4. The maximum atomic E-state index is 14.5. The maximum Gasteiger partial charge on any atom is 0.200 e. The van der Waals surface area contributed by atoms with Crippen LogP contribution in [0.2, 0.25) is 0 Å². The van der Waals surface area contributed by atoms with Gasteiger partial charge in [-0.15, -0.1) is 0 Å². The predicted molar refractivity (Wildman–Crippen MR) is 108 cm³/mol. The molecule has 0 spiro atoms. The van der Waals surface area contributed by atoms with Crippen molar-refractivity contribution in [2.24, 2.45) is 0 Å². The van der Waals surface area contributed by atoms with Crippen molar-refractivity contribution in [3.8, 4) is 0 Å². The van der Waals surface area contributed by atoms with E-state index in [1.807, 2.05) is 11.0 Å². The van der Waals surface area contributed by atoms with Gasteiger partial charge in [-0.05, 0) is 50.6 Å². The number of hydrogen-bond donors (Lipinski definition) is 1. The third-order valence-corrected chi connectivity index (χ3v) is 7.08. The van der Waals surface area contributed by atoms with E-state index in [0.29, 0.717) is 44.2 Å². The van der Waals surface area contributed by atoms with Crippen molar-refractivity contribution >= 4 is 21.2 Å². The number of sulfone groups is 1. The number of nitrogens with one attached hydrogen (secondary N) is 1. The molecule has 0 unspecified atom stereocenters. The van der Waals surface area contributed by atoms with Crippen LogP contribution in [0, 0.1) is 5.82 Å². The van der Waals surface area contributed by atoms with Crippen LogP contribution in [0.25, 0.3) is 0 Å². The normalized spacial score (nSPS) is 15.5. The fourth-order valence-corrected chi connectivity index (χ4v) is 3.95. The largest absolute Gasteiger partial charge is 0.380 e. The molecule has 0 saturated carbocycles.